The fourth-order valence-corrected chi connectivity index (χ4v) is 3.29. The van der Waals surface area contributed by atoms with E-state index in [0.717, 1.165) is 16.9 Å². The van der Waals surface area contributed by atoms with Crippen LogP contribution >= 0.6 is 11.3 Å². The number of ketones is 1. The summed E-state index contributed by atoms with van der Waals surface area (Å²) in [5.74, 6) is 0.116. The minimum absolute atomic E-state index is 0.321. The van der Waals surface area contributed by atoms with Crippen LogP contribution in [0.2, 0.25) is 0 Å². The highest BCUT2D eigenvalue weighted by atomic mass is 32.1. The van der Waals surface area contributed by atoms with Gasteiger partial charge in [-0.25, -0.2) is 4.79 Å². The number of benzene rings is 1. The van der Waals surface area contributed by atoms with Gasteiger partial charge in [0.1, 0.15) is 16.4 Å². The summed E-state index contributed by atoms with van der Waals surface area (Å²) in [6, 6.07) is 6.70. The number of carbonyl (C=O) groups excluding carboxylic acids is 2. The third kappa shape index (κ3) is 3.94. The topological polar surface area (TPSA) is 61.8 Å². The molecule has 0 fully saturated rings. The Morgan fingerprint density at radius 3 is 2.46 bits per heavy atom. The van der Waals surface area contributed by atoms with Crippen molar-refractivity contribution in [3.63, 3.8) is 0 Å². The van der Waals surface area contributed by atoms with Crippen LogP contribution in [0.15, 0.2) is 24.3 Å². The van der Waals surface area contributed by atoms with Crippen LogP contribution in [0.25, 0.3) is 0 Å². The van der Waals surface area contributed by atoms with Gasteiger partial charge in [0.25, 0.3) is 0 Å². The molecule has 5 nitrogen and oxygen atoms in total. The minimum atomic E-state index is -0.488. The van der Waals surface area contributed by atoms with Gasteiger partial charge in [0, 0.05) is 4.88 Å². The number of hydrogen-bond acceptors (Lipinski definition) is 6. The van der Waals surface area contributed by atoms with Crippen LogP contribution in [0.5, 0.6) is 11.5 Å². The van der Waals surface area contributed by atoms with E-state index < -0.39 is 5.97 Å². The number of hydrogen-bond donors (Lipinski definition) is 0. The molecule has 0 aliphatic heterocycles. The maximum Gasteiger partial charge on any atom is 0.348 e. The van der Waals surface area contributed by atoms with E-state index in [2.05, 4.69) is 0 Å². The molecule has 0 bridgehead atoms. The Morgan fingerprint density at radius 1 is 1.12 bits per heavy atom. The number of ether oxygens (including phenoxy) is 3. The van der Waals surface area contributed by atoms with Gasteiger partial charge in [-0.3, -0.25) is 4.79 Å². The Labute approximate surface area is 145 Å². The van der Waals surface area contributed by atoms with Gasteiger partial charge in [-0.2, -0.15) is 0 Å². The molecule has 6 heteroatoms. The number of esters is 1. The summed E-state index contributed by atoms with van der Waals surface area (Å²) in [5, 5.41) is 0. The van der Waals surface area contributed by atoms with E-state index in [1.54, 1.807) is 24.3 Å². The van der Waals surface area contributed by atoms with E-state index >= 15 is 0 Å². The monoisotopic (exact) mass is 348 g/mol. The first-order chi connectivity index (χ1) is 11.5. The zero-order valence-electron chi connectivity index (χ0n) is 14.2. The molecular formula is C18H20O5S. The molecule has 0 saturated heterocycles. The number of Topliss-reactive ketones (excluding diaryl/α,β-unsaturated/α-hetero) is 1. The predicted molar refractivity (Wildman–Crippen MR) is 92.6 cm³/mol. The van der Waals surface area contributed by atoms with Gasteiger partial charge in [-0.1, -0.05) is 6.92 Å². The lowest BCUT2D eigenvalue weighted by Gasteiger charge is -2.09. The van der Waals surface area contributed by atoms with Crippen LogP contribution < -0.4 is 9.47 Å². The number of aryl methyl sites for hydroxylation is 2. The standard InChI is InChI=1S/C18H20O5S/c1-5-16-11(2)8-17(24-16)18(20)23-10-14(19)13-9-12(21-3)6-7-15(13)22-4/h6-9H,5,10H2,1-4H3. The Balaban J connectivity index is 2.08. The molecule has 1 aromatic heterocycles. The van der Waals surface area contributed by atoms with Crippen LogP contribution in [0.4, 0.5) is 0 Å². The van der Waals surface area contributed by atoms with E-state index in [1.165, 1.54) is 25.6 Å². The molecule has 2 aromatic rings. The molecule has 0 aliphatic carbocycles. The van der Waals surface area contributed by atoms with Crippen LogP contribution in [-0.4, -0.2) is 32.6 Å². The molecule has 0 amide bonds. The van der Waals surface area contributed by atoms with Gasteiger partial charge in [-0.05, 0) is 43.2 Å². The summed E-state index contributed by atoms with van der Waals surface area (Å²) in [4.78, 5) is 26.1. The molecule has 0 aliphatic rings. The smallest absolute Gasteiger partial charge is 0.348 e. The van der Waals surface area contributed by atoms with Crippen molar-refractivity contribution in [2.75, 3.05) is 20.8 Å². The SMILES string of the molecule is CCc1sc(C(=O)OCC(=O)c2cc(OC)ccc2OC)cc1C. The van der Waals surface area contributed by atoms with E-state index in [4.69, 9.17) is 14.2 Å². The second kappa shape index (κ2) is 7.97. The lowest BCUT2D eigenvalue weighted by molar-refractivity contribution is 0.0478. The van der Waals surface area contributed by atoms with Crippen molar-refractivity contribution >= 4 is 23.1 Å². The van der Waals surface area contributed by atoms with Crippen LogP contribution in [0.3, 0.4) is 0 Å². The normalized spacial score (nSPS) is 10.3. The Kier molecular flexibility index (Phi) is 5.98. The molecule has 2 rings (SSSR count). The van der Waals surface area contributed by atoms with E-state index in [-0.39, 0.29) is 12.4 Å². The molecule has 128 valence electrons. The molecule has 0 atom stereocenters. The van der Waals surface area contributed by atoms with Crippen LogP contribution in [0.1, 0.15) is 37.4 Å². The van der Waals surface area contributed by atoms with Crippen molar-refractivity contribution in [2.45, 2.75) is 20.3 Å². The van der Waals surface area contributed by atoms with E-state index in [9.17, 15) is 9.59 Å². The van der Waals surface area contributed by atoms with Gasteiger partial charge in [0.2, 0.25) is 5.78 Å². The first-order valence-corrected chi connectivity index (χ1v) is 8.33. The zero-order chi connectivity index (χ0) is 17.7. The van der Waals surface area contributed by atoms with Crippen molar-refractivity contribution in [1.29, 1.82) is 0 Å². The van der Waals surface area contributed by atoms with Crippen molar-refractivity contribution in [1.82, 2.24) is 0 Å². The first kappa shape index (κ1) is 18.0. The maximum atomic E-state index is 12.3. The molecule has 24 heavy (non-hydrogen) atoms. The van der Waals surface area contributed by atoms with Gasteiger partial charge < -0.3 is 14.2 Å². The van der Waals surface area contributed by atoms with Gasteiger partial charge >= 0.3 is 5.97 Å². The quantitative estimate of drug-likeness (QED) is 0.564. The fourth-order valence-electron chi connectivity index (χ4n) is 2.28. The summed E-state index contributed by atoms with van der Waals surface area (Å²) in [6.45, 7) is 3.64. The average molecular weight is 348 g/mol. The Morgan fingerprint density at radius 2 is 1.88 bits per heavy atom. The second-order valence-electron chi connectivity index (χ2n) is 5.14. The lowest BCUT2D eigenvalue weighted by atomic mass is 10.1. The Bertz CT molecular complexity index is 748. The first-order valence-electron chi connectivity index (χ1n) is 7.51. The number of carbonyl (C=O) groups is 2. The molecule has 0 saturated carbocycles. The fraction of sp³-hybridized carbons (Fsp3) is 0.333. The summed E-state index contributed by atoms with van der Waals surface area (Å²) in [6.07, 6.45) is 0.865. The highest BCUT2D eigenvalue weighted by Gasteiger charge is 2.18. The second-order valence-corrected chi connectivity index (χ2v) is 6.27. The zero-order valence-corrected chi connectivity index (χ0v) is 15.0. The molecular weight excluding hydrogens is 328 g/mol. The third-order valence-corrected chi connectivity index (χ3v) is 4.95. The van der Waals surface area contributed by atoms with Gasteiger partial charge in [0.05, 0.1) is 19.8 Å². The molecule has 0 N–H and O–H groups in total. The average Bonchev–Trinajstić information content (AvgIpc) is 2.99. The number of methoxy groups -OCH3 is 2. The van der Waals surface area contributed by atoms with Gasteiger partial charge in [-0.15, -0.1) is 11.3 Å². The van der Waals surface area contributed by atoms with Crippen molar-refractivity contribution in [3.8, 4) is 11.5 Å². The van der Waals surface area contributed by atoms with Crippen molar-refractivity contribution < 1.29 is 23.8 Å². The third-order valence-electron chi connectivity index (χ3n) is 3.58. The van der Waals surface area contributed by atoms with Gasteiger partial charge in [0.15, 0.2) is 6.61 Å². The van der Waals surface area contributed by atoms with Crippen LogP contribution in [0, 0.1) is 6.92 Å². The molecule has 0 unspecified atom stereocenters. The summed E-state index contributed by atoms with van der Waals surface area (Å²) < 4.78 is 15.4. The minimum Gasteiger partial charge on any atom is -0.497 e. The highest BCUT2D eigenvalue weighted by Crippen LogP contribution is 2.25. The molecule has 0 radical (unpaired) electrons. The number of rotatable bonds is 7. The van der Waals surface area contributed by atoms with Crippen molar-refractivity contribution in [2.24, 2.45) is 0 Å². The molecule has 1 heterocycles. The number of thiophene rings is 1. The Hall–Kier alpha value is -2.34. The lowest BCUT2D eigenvalue weighted by Crippen LogP contribution is -2.14. The maximum absolute atomic E-state index is 12.3. The van der Waals surface area contributed by atoms with E-state index in [1.807, 2.05) is 13.8 Å². The predicted octanol–water partition coefficient (Wildman–Crippen LogP) is 3.68. The van der Waals surface area contributed by atoms with Crippen molar-refractivity contribution in [3.05, 3.63) is 45.1 Å². The summed E-state index contributed by atoms with van der Waals surface area (Å²) in [7, 11) is 2.99. The van der Waals surface area contributed by atoms with Crippen LogP contribution in [-0.2, 0) is 11.2 Å². The molecule has 0 spiro atoms. The summed E-state index contributed by atoms with van der Waals surface area (Å²) >= 11 is 1.40. The van der Waals surface area contributed by atoms with E-state index in [0.29, 0.717) is 21.9 Å². The summed E-state index contributed by atoms with van der Waals surface area (Å²) in [5.41, 5.74) is 1.39. The molecule has 1 aromatic carbocycles. The largest absolute Gasteiger partial charge is 0.497 e. The highest BCUT2D eigenvalue weighted by molar-refractivity contribution is 7.14.